The van der Waals surface area contributed by atoms with Gasteiger partial charge in [-0.05, 0) is 49.7 Å². The van der Waals surface area contributed by atoms with Gasteiger partial charge < -0.3 is 25.2 Å². The molecule has 2 fully saturated rings. The molecule has 0 saturated carbocycles. The van der Waals surface area contributed by atoms with Gasteiger partial charge in [0.2, 0.25) is 11.7 Å². The Hall–Kier alpha value is -4.80. The predicted octanol–water partition coefficient (Wildman–Crippen LogP) is 4.01. The van der Waals surface area contributed by atoms with Crippen LogP contribution in [0.25, 0.3) is 16.9 Å². The van der Waals surface area contributed by atoms with Crippen molar-refractivity contribution < 1.29 is 23.1 Å². The fourth-order valence-corrected chi connectivity index (χ4v) is 5.74. The normalized spacial score (nSPS) is 16.6. The van der Waals surface area contributed by atoms with Gasteiger partial charge in [0, 0.05) is 49.8 Å². The van der Waals surface area contributed by atoms with E-state index in [1.165, 1.54) is 24.5 Å². The molecule has 0 spiro atoms. The molecule has 2 aromatic heterocycles. The molecular formula is C30H27ClF2N8O3. The van der Waals surface area contributed by atoms with Crippen molar-refractivity contribution in [3.8, 4) is 23.1 Å². The third-order valence-electron chi connectivity index (χ3n) is 7.74. The van der Waals surface area contributed by atoms with Gasteiger partial charge in [-0.15, -0.1) is 0 Å². The maximum Gasteiger partial charge on any atom is 0.255 e. The molecule has 0 bridgehead atoms. The first kappa shape index (κ1) is 29.3. The summed E-state index contributed by atoms with van der Waals surface area (Å²) < 4.78 is 36.0. The van der Waals surface area contributed by atoms with Crippen LogP contribution in [0.1, 0.15) is 23.2 Å². The van der Waals surface area contributed by atoms with E-state index in [1.54, 1.807) is 44.7 Å². The van der Waals surface area contributed by atoms with Crippen LogP contribution in [0.2, 0.25) is 5.02 Å². The third-order valence-corrected chi connectivity index (χ3v) is 8.05. The van der Waals surface area contributed by atoms with Crippen LogP contribution >= 0.6 is 11.6 Å². The average molecular weight is 621 g/mol. The highest BCUT2D eigenvalue weighted by molar-refractivity contribution is 6.34. The molecule has 2 amide bonds. The Morgan fingerprint density at radius 3 is 2.64 bits per heavy atom. The minimum absolute atomic E-state index is 0.0530. The van der Waals surface area contributed by atoms with Gasteiger partial charge in [-0.1, -0.05) is 11.6 Å². The molecule has 2 N–H and O–H groups in total. The molecule has 11 nitrogen and oxygen atoms in total. The number of anilines is 2. The molecule has 0 aliphatic carbocycles. The van der Waals surface area contributed by atoms with Gasteiger partial charge in [0.25, 0.3) is 5.91 Å². The first-order valence-corrected chi connectivity index (χ1v) is 14.4. The van der Waals surface area contributed by atoms with Crippen LogP contribution in [0.4, 0.5) is 20.3 Å². The van der Waals surface area contributed by atoms with Crippen molar-refractivity contribution in [3.63, 3.8) is 0 Å². The summed E-state index contributed by atoms with van der Waals surface area (Å²) in [5, 5.41) is 15.2. The van der Waals surface area contributed by atoms with E-state index in [-0.39, 0.29) is 39.9 Å². The standard InChI is InChI=1S/C30H27ClF2N8O3/c31-21-16-18(3-4-19(21)29(42)39-11-13-40(14-12-39)30(43)22-2-1-8-35-22)38-27-28-37-17-23(41(28)10-9-36-27)20-5-6-24(44-15-7-34)26(33)25(20)32/h3-6,9-10,16-17,22,35H,1-2,8,11-15H2,(H,36,38)/t22-/m0/s1. The fourth-order valence-electron chi connectivity index (χ4n) is 5.48. The molecular weight excluding hydrogens is 594 g/mol. The maximum atomic E-state index is 15.0. The largest absolute Gasteiger partial charge is 0.476 e. The molecule has 0 unspecified atom stereocenters. The summed E-state index contributed by atoms with van der Waals surface area (Å²) >= 11 is 6.55. The Labute approximate surface area is 256 Å². The molecule has 226 valence electrons. The number of hydrogen-bond acceptors (Lipinski definition) is 8. The number of ether oxygens (including phenoxy) is 1. The van der Waals surface area contributed by atoms with Crippen LogP contribution in [0.15, 0.2) is 48.9 Å². The summed E-state index contributed by atoms with van der Waals surface area (Å²) in [6.45, 7) is 2.21. The molecule has 6 rings (SSSR count). The number of piperazine rings is 1. The van der Waals surface area contributed by atoms with Gasteiger partial charge in [-0.25, -0.2) is 14.4 Å². The summed E-state index contributed by atoms with van der Waals surface area (Å²) in [5.74, 6) is -2.52. The SMILES string of the molecule is N#CCOc1ccc(-c2cnc3c(Nc4ccc(C(=O)N5CCN(C(=O)[C@@H]6CCCN6)CC5)c(Cl)c4)nccn23)c(F)c1F. The molecule has 0 radical (unpaired) electrons. The summed E-state index contributed by atoms with van der Waals surface area (Å²) in [5.41, 5.74) is 1.43. The van der Waals surface area contributed by atoms with Crippen molar-refractivity contribution in [2.45, 2.75) is 18.9 Å². The lowest BCUT2D eigenvalue weighted by molar-refractivity contribution is -0.134. The Morgan fingerprint density at radius 2 is 1.91 bits per heavy atom. The molecule has 1 atom stereocenters. The van der Waals surface area contributed by atoms with Gasteiger partial charge in [0.05, 0.1) is 28.5 Å². The van der Waals surface area contributed by atoms with Crippen molar-refractivity contribution >= 4 is 40.6 Å². The van der Waals surface area contributed by atoms with E-state index in [0.29, 0.717) is 48.9 Å². The van der Waals surface area contributed by atoms with E-state index < -0.39 is 18.2 Å². The highest BCUT2D eigenvalue weighted by atomic mass is 35.5. The topological polar surface area (TPSA) is 128 Å². The van der Waals surface area contributed by atoms with Crippen molar-refractivity contribution in [1.82, 2.24) is 29.5 Å². The number of rotatable bonds is 7. The number of imidazole rings is 1. The molecule has 14 heteroatoms. The number of halogens is 3. The Bertz CT molecular complexity index is 1780. The van der Waals surface area contributed by atoms with Crippen LogP contribution in [0, 0.1) is 23.0 Å². The zero-order valence-electron chi connectivity index (χ0n) is 23.4. The van der Waals surface area contributed by atoms with Crippen LogP contribution in [-0.2, 0) is 4.79 Å². The molecule has 2 aliphatic rings. The molecule has 4 aromatic rings. The molecule has 2 aromatic carbocycles. The quantitative estimate of drug-likeness (QED) is 0.317. The van der Waals surface area contributed by atoms with Gasteiger partial charge in [0.15, 0.2) is 29.6 Å². The fraction of sp³-hybridized carbons (Fsp3) is 0.300. The predicted molar refractivity (Wildman–Crippen MR) is 158 cm³/mol. The number of amides is 2. The van der Waals surface area contributed by atoms with E-state index in [4.69, 9.17) is 21.6 Å². The maximum absolute atomic E-state index is 15.0. The monoisotopic (exact) mass is 620 g/mol. The van der Waals surface area contributed by atoms with Crippen molar-refractivity contribution in [2.75, 3.05) is 44.6 Å². The smallest absolute Gasteiger partial charge is 0.255 e. The first-order valence-electron chi connectivity index (χ1n) is 14.0. The Morgan fingerprint density at radius 1 is 1.11 bits per heavy atom. The number of hydrogen-bond donors (Lipinski definition) is 2. The minimum atomic E-state index is -1.21. The van der Waals surface area contributed by atoms with E-state index in [0.717, 1.165) is 19.4 Å². The lowest BCUT2D eigenvalue weighted by Gasteiger charge is -2.36. The zero-order chi connectivity index (χ0) is 30.8. The Balaban J connectivity index is 1.16. The second kappa shape index (κ2) is 12.4. The highest BCUT2D eigenvalue weighted by Gasteiger charge is 2.31. The van der Waals surface area contributed by atoms with Gasteiger partial charge in [-0.3, -0.25) is 14.0 Å². The van der Waals surface area contributed by atoms with E-state index >= 15 is 0 Å². The molecule has 2 saturated heterocycles. The van der Waals surface area contributed by atoms with E-state index in [1.807, 2.05) is 0 Å². The number of nitriles is 1. The van der Waals surface area contributed by atoms with Gasteiger partial charge in [0.1, 0.15) is 6.07 Å². The number of carbonyl (C=O) groups is 2. The lowest BCUT2D eigenvalue weighted by Crippen LogP contribution is -2.54. The van der Waals surface area contributed by atoms with Gasteiger partial charge >= 0.3 is 0 Å². The third kappa shape index (κ3) is 5.61. The number of nitrogens with one attached hydrogen (secondary N) is 2. The lowest BCUT2D eigenvalue weighted by atomic mass is 10.1. The Kier molecular flexibility index (Phi) is 8.28. The zero-order valence-corrected chi connectivity index (χ0v) is 24.2. The summed E-state index contributed by atoms with van der Waals surface area (Å²) in [4.78, 5) is 38.1. The van der Waals surface area contributed by atoms with Crippen molar-refractivity contribution in [1.29, 1.82) is 5.26 Å². The molecule has 4 heterocycles. The second-order valence-corrected chi connectivity index (χ2v) is 10.8. The summed E-state index contributed by atoms with van der Waals surface area (Å²) in [7, 11) is 0. The van der Waals surface area contributed by atoms with E-state index in [9.17, 15) is 18.4 Å². The summed E-state index contributed by atoms with van der Waals surface area (Å²) in [6, 6.07) is 9.10. The minimum Gasteiger partial charge on any atom is -0.476 e. The number of aromatic nitrogens is 3. The number of benzene rings is 2. The number of carbonyl (C=O) groups excluding carboxylic acids is 2. The second-order valence-electron chi connectivity index (χ2n) is 10.4. The summed E-state index contributed by atoms with van der Waals surface area (Å²) in [6.07, 6.45) is 6.26. The van der Waals surface area contributed by atoms with Crippen LogP contribution in [0.3, 0.4) is 0 Å². The molecule has 44 heavy (non-hydrogen) atoms. The van der Waals surface area contributed by atoms with E-state index in [2.05, 4.69) is 20.6 Å². The van der Waals surface area contributed by atoms with Crippen LogP contribution < -0.4 is 15.4 Å². The molecule has 2 aliphatic heterocycles. The first-order chi connectivity index (χ1) is 21.4. The van der Waals surface area contributed by atoms with Crippen molar-refractivity contribution in [2.24, 2.45) is 0 Å². The number of fused-ring (bicyclic) bond motifs is 1. The van der Waals surface area contributed by atoms with Crippen LogP contribution in [-0.4, -0.2) is 81.4 Å². The van der Waals surface area contributed by atoms with Crippen LogP contribution in [0.5, 0.6) is 5.75 Å². The van der Waals surface area contributed by atoms with Gasteiger partial charge in [-0.2, -0.15) is 9.65 Å². The highest BCUT2D eigenvalue weighted by Crippen LogP contribution is 2.32. The average Bonchev–Trinajstić information content (AvgIpc) is 3.73. The van der Waals surface area contributed by atoms with Crippen molar-refractivity contribution in [3.05, 3.63) is 71.1 Å². The number of nitrogens with zero attached hydrogens (tertiary/aromatic N) is 6.